The third-order valence-corrected chi connectivity index (χ3v) is 3.34. The maximum absolute atomic E-state index is 11.4. The van der Waals surface area contributed by atoms with Gasteiger partial charge in [-0.2, -0.15) is 18.1 Å². The van der Waals surface area contributed by atoms with E-state index in [-0.39, 0.29) is 5.75 Å². The number of ether oxygens (including phenoxy) is 1. The van der Waals surface area contributed by atoms with Crippen molar-refractivity contribution >= 4 is 24.8 Å². The highest BCUT2D eigenvalue weighted by molar-refractivity contribution is 7.81. The van der Waals surface area contributed by atoms with Crippen molar-refractivity contribution in [3.05, 3.63) is 0 Å². The maximum atomic E-state index is 11.4. The number of hydroxylamine groups is 1. The Morgan fingerprint density at radius 2 is 2.05 bits per heavy atom. The van der Waals surface area contributed by atoms with Crippen LogP contribution in [0.5, 0.6) is 0 Å². The molecule has 1 heterocycles. The fourth-order valence-electron chi connectivity index (χ4n) is 1.83. The molecular formula is C11H20N2O8S. The number of rotatable bonds is 8. The summed E-state index contributed by atoms with van der Waals surface area (Å²) in [6, 6.07) is -2.21. The zero-order chi connectivity index (χ0) is 16.7. The molecular weight excluding hydrogens is 320 g/mol. The fraction of sp³-hybridized carbons (Fsp3) is 0.818. The first kappa shape index (κ1) is 19.3. The Morgan fingerprint density at radius 3 is 2.55 bits per heavy atom. The van der Waals surface area contributed by atoms with Crippen molar-refractivity contribution in [2.75, 3.05) is 19.0 Å². The molecule has 1 rings (SSSR count). The summed E-state index contributed by atoms with van der Waals surface area (Å²) in [5.74, 6) is -0.718. The van der Waals surface area contributed by atoms with Gasteiger partial charge in [-0.05, 0) is 0 Å². The second-order valence-electron chi connectivity index (χ2n) is 4.62. The number of nitrogens with one attached hydrogen (secondary N) is 2. The Balaban J connectivity index is 2.80. The first-order valence-electron chi connectivity index (χ1n) is 6.48. The number of carbonyl (C=O) groups excluding carboxylic acids is 2. The molecule has 1 amide bonds. The van der Waals surface area contributed by atoms with Crippen LogP contribution in [0.15, 0.2) is 0 Å². The van der Waals surface area contributed by atoms with Gasteiger partial charge >= 0.3 is 0 Å². The predicted octanol–water partition coefficient (Wildman–Crippen LogP) is -4.08. The average Bonchev–Trinajstić information content (AvgIpc) is 2.54. The first-order valence-corrected chi connectivity index (χ1v) is 7.11. The predicted molar refractivity (Wildman–Crippen MR) is 74.7 cm³/mol. The van der Waals surface area contributed by atoms with Gasteiger partial charge in [0.1, 0.15) is 36.7 Å². The third kappa shape index (κ3) is 4.86. The summed E-state index contributed by atoms with van der Waals surface area (Å²) < 4.78 is 5.23. The van der Waals surface area contributed by atoms with E-state index >= 15 is 0 Å². The summed E-state index contributed by atoms with van der Waals surface area (Å²) in [5.41, 5.74) is 2.20. The molecule has 11 heteroatoms. The molecule has 1 fully saturated rings. The molecule has 0 bridgehead atoms. The van der Waals surface area contributed by atoms with Crippen molar-refractivity contribution in [2.24, 2.45) is 0 Å². The van der Waals surface area contributed by atoms with Crippen LogP contribution in [0, 0.1) is 0 Å². The number of aldehydes is 1. The summed E-state index contributed by atoms with van der Waals surface area (Å²) >= 11 is 3.78. The summed E-state index contributed by atoms with van der Waals surface area (Å²) in [7, 11) is 0. The van der Waals surface area contributed by atoms with Gasteiger partial charge in [0.2, 0.25) is 12.2 Å². The van der Waals surface area contributed by atoms with Crippen LogP contribution in [0.25, 0.3) is 0 Å². The molecule has 22 heavy (non-hydrogen) atoms. The normalized spacial score (nSPS) is 33.2. The van der Waals surface area contributed by atoms with Gasteiger partial charge in [-0.1, -0.05) is 0 Å². The van der Waals surface area contributed by atoms with Gasteiger partial charge in [-0.15, -0.1) is 0 Å². The first-order chi connectivity index (χ1) is 10.5. The molecule has 6 atom stereocenters. The fourth-order valence-corrected chi connectivity index (χ4v) is 1.92. The van der Waals surface area contributed by atoms with E-state index in [1.54, 1.807) is 0 Å². The minimum Gasteiger partial charge on any atom is -0.394 e. The van der Waals surface area contributed by atoms with Crippen LogP contribution in [0.1, 0.15) is 0 Å². The number of thiol groups is 1. The zero-order valence-electron chi connectivity index (χ0n) is 11.5. The molecule has 128 valence electrons. The Bertz CT molecular complexity index is 374. The van der Waals surface area contributed by atoms with Crippen LogP contribution in [0.3, 0.4) is 0 Å². The van der Waals surface area contributed by atoms with E-state index in [1.165, 1.54) is 0 Å². The van der Waals surface area contributed by atoms with Crippen LogP contribution in [-0.4, -0.2) is 88.3 Å². The smallest absolute Gasteiger partial charge is 0.230 e. The number of hydrogen-bond donors (Lipinski definition) is 7. The molecule has 0 saturated carbocycles. The number of aliphatic hydroxyl groups is 4. The van der Waals surface area contributed by atoms with Crippen molar-refractivity contribution in [3.63, 3.8) is 0 Å². The van der Waals surface area contributed by atoms with Crippen molar-refractivity contribution in [1.82, 2.24) is 10.8 Å². The summed E-state index contributed by atoms with van der Waals surface area (Å²) in [6.45, 7) is -1.14. The highest BCUT2D eigenvalue weighted by atomic mass is 32.1. The van der Waals surface area contributed by atoms with E-state index in [0.29, 0.717) is 6.29 Å². The SMILES string of the molecule is O=C[C@H](CO)NOC1OC(CO)C(O)C(O)C1NC(=O)CS. The minimum atomic E-state index is -1.48. The average molecular weight is 340 g/mol. The van der Waals surface area contributed by atoms with Crippen LogP contribution in [-0.2, 0) is 19.2 Å². The second-order valence-corrected chi connectivity index (χ2v) is 4.94. The lowest BCUT2D eigenvalue weighted by molar-refractivity contribution is -0.289. The lowest BCUT2D eigenvalue weighted by atomic mass is 9.97. The van der Waals surface area contributed by atoms with E-state index in [1.807, 2.05) is 0 Å². The van der Waals surface area contributed by atoms with Crippen LogP contribution >= 0.6 is 12.6 Å². The molecule has 0 spiro atoms. The molecule has 5 unspecified atom stereocenters. The molecule has 0 aromatic rings. The van der Waals surface area contributed by atoms with Gasteiger partial charge in [0.15, 0.2) is 0 Å². The molecule has 0 aliphatic carbocycles. The molecule has 0 aromatic carbocycles. The topological polar surface area (TPSA) is 158 Å². The summed E-state index contributed by atoms with van der Waals surface area (Å²) in [4.78, 5) is 27.1. The Morgan fingerprint density at radius 1 is 1.36 bits per heavy atom. The molecule has 0 radical (unpaired) electrons. The molecule has 1 saturated heterocycles. The molecule has 6 N–H and O–H groups in total. The monoisotopic (exact) mass is 340 g/mol. The largest absolute Gasteiger partial charge is 0.394 e. The van der Waals surface area contributed by atoms with E-state index in [2.05, 4.69) is 23.4 Å². The standard InChI is InChI=1S/C11H20N2O8S/c14-1-5(2-15)13-21-11-8(12-7(17)4-22)10(19)9(18)6(3-16)20-11/h1,5-6,8-11,13,15-16,18-19,22H,2-4H2,(H,12,17)/t5-,6?,8?,9?,10?,11?/m1/s1. The van der Waals surface area contributed by atoms with E-state index < -0.39 is 55.8 Å². The maximum Gasteiger partial charge on any atom is 0.230 e. The number of amides is 1. The Hall–Kier alpha value is -0.790. The van der Waals surface area contributed by atoms with Crippen molar-refractivity contribution in [1.29, 1.82) is 0 Å². The van der Waals surface area contributed by atoms with Gasteiger partial charge in [-0.25, -0.2) is 0 Å². The van der Waals surface area contributed by atoms with Crippen LogP contribution in [0.2, 0.25) is 0 Å². The van der Waals surface area contributed by atoms with E-state index in [9.17, 15) is 19.8 Å². The second kappa shape index (κ2) is 9.37. The molecule has 10 nitrogen and oxygen atoms in total. The van der Waals surface area contributed by atoms with Gasteiger partial charge in [0, 0.05) is 0 Å². The lowest BCUT2D eigenvalue weighted by Gasteiger charge is -2.42. The zero-order valence-corrected chi connectivity index (χ0v) is 12.4. The van der Waals surface area contributed by atoms with E-state index in [4.69, 9.17) is 19.8 Å². The quantitative estimate of drug-likeness (QED) is 0.133. The van der Waals surface area contributed by atoms with Crippen molar-refractivity contribution in [3.8, 4) is 0 Å². The lowest BCUT2D eigenvalue weighted by Crippen LogP contribution is -2.65. The number of aliphatic hydroxyl groups excluding tert-OH is 4. The Kier molecular flexibility index (Phi) is 8.20. The van der Waals surface area contributed by atoms with Crippen molar-refractivity contribution in [2.45, 2.75) is 36.7 Å². The molecule has 1 aliphatic rings. The molecule has 0 aromatic heterocycles. The van der Waals surface area contributed by atoms with Crippen LogP contribution in [0.4, 0.5) is 0 Å². The molecule has 1 aliphatic heterocycles. The third-order valence-electron chi connectivity index (χ3n) is 3.05. The highest BCUT2D eigenvalue weighted by Gasteiger charge is 2.45. The number of hydrogen-bond acceptors (Lipinski definition) is 10. The van der Waals surface area contributed by atoms with Crippen LogP contribution < -0.4 is 10.8 Å². The van der Waals surface area contributed by atoms with Crippen molar-refractivity contribution < 1.29 is 39.6 Å². The van der Waals surface area contributed by atoms with Gasteiger partial charge in [0.25, 0.3) is 0 Å². The van der Waals surface area contributed by atoms with Gasteiger partial charge in [-0.3, -0.25) is 9.63 Å². The van der Waals surface area contributed by atoms with Gasteiger partial charge in [0.05, 0.1) is 19.0 Å². The summed E-state index contributed by atoms with van der Waals surface area (Å²) in [5, 5.41) is 40.2. The highest BCUT2D eigenvalue weighted by Crippen LogP contribution is 2.21. The van der Waals surface area contributed by atoms with Gasteiger partial charge < -0.3 is 35.3 Å². The summed E-state index contributed by atoms with van der Waals surface area (Å²) in [6.07, 6.45) is -5.00. The van der Waals surface area contributed by atoms with E-state index in [0.717, 1.165) is 0 Å². The Labute approximate surface area is 131 Å². The minimum absolute atomic E-state index is 0.170. The number of carbonyl (C=O) groups is 2.